The molecule has 0 aromatic rings. The van der Waals surface area contributed by atoms with E-state index in [4.69, 9.17) is 0 Å². The maximum Gasteiger partial charge on any atom is 4.00 e. The van der Waals surface area contributed by atoms with E-state index in [9.17, 15) is 0 Å². The fourth-order valence-electron chi connectivity index (χ4n) is 4.59. The van der Waals surface area contributed by atoms with Crippen molar-refractivity contribution in [3.05, 3.63) is 44.8 Å². The first-order chi connectivity index (χ1) is 9.80. The Morgan fingerprint density at radius 2 is 1.04 bits per heavy atom. The van der Waals surface area contributed by atoms with E-state index in [-0.39, 0.29) is 46.5 Å². The summed E-state index contributed by atoms with van der Waals surface area (Å²) in [5, 5.41) is 3.40. The molecule has 2 rings (SSSR count). The zero-order chi connectivity index (χ0) is 15.9. The molecule has 24 heavy (non-hydrogen) atoms. The Morgan fingerprint density at radius 3 is 1.21 bits per heavy atom. The van der Waals surface area contributed by atoms with E-state index >= 15 is 0 Å². The Hall–Kier alpha value is 0.471. The van der Waals surface area contributed by atoms with Crippen LogP contribution in [0.15, 0.2) is 32.7 Å². The van der Waals surface area contributed by atoms with Crippen molar-refractivity contribution in [3.63, 3.8) is 0 Å². The predicted octanol–water partition coefficient (Wildman–Crippen LogP) is -0.00972. The zero-order valence-corrected chi connectivity index (χ0v) is 20.4. The van der Waals surface area contributed by atoms with E-state index in [0.29, 0.717) is 11.8 Å². The second kappa shape index (κ2) is 9.97. The van der Waals surface area contributed by atoms with Crippen LogP contribution in [0.3, 0.4) is 0 Å². The molecule has 0 amide bonds. The molecular weight excluding hydrogens is 387 g/mol. The molecule has 2 atom stereocenters. The number of halogens is 2. The van der Waals surface area contributed by atoms with Gasteiger partial charge in [-0.1, -0.05) is 87.4 Å². The minimum Gasteiger partial charge on any atom is -1.00 e. The molecule has 0 aromatic heterocycles. The fourth-order valence-corrected chi connectivity index (χ4v) is 10.3. The fraction of sp³-hybridized carbons (Fsp3) is 0.600. The molecular formula is C20H30Cl2SiTi. The normalized spacial score (nSPS) is 23.3. The van der Waals surface area contributed by atoms with Gasteiger partial charge in [-0.3, -0.25) is 12.2 Å². The second-order valence-corrected chi connectivity index (χ2v) is 11.5. The van der Waals surface area contributed by atoms with Crippen molar-refractivity contribution in [1.29, 1.82) is 0 Å². The van der Waals surface area contributed by atoms with Gasteiger partial charge in [0.25, 0.3) is 0 Å². The molecule has 0 bridgehead atoms. The van der Waals surface area contributed by atoms with Gasteiger partial charge in [0.2, 0.25) is 0 Å². The van der Waals surface area contributed by atoms with Crippen molar-refractivity contribution in [2.24, 2.45) is 11.8 Å². The first kappa shape index (κ1) is 26.7. The Labute approximate surface area is 178 Å². The van der Waals surface area contributed by atoms with Crippen LogP contribution < -0.4 is 24.8 Å². The molecule has 132 valence electrons. The third-order valence-electron chi connectivity index (χ3n) is 5.87. The van der Waals surface area contributed by atoms with Crippen molar-refractivity contribution >= 4 is 8.07 Å². The topological polar surface area (TPSA) is 0 Å². The van der Waals surface area contributed by atoms with Crippen LogP contribution in [0.5, 0.6) is 0 Å². The summed E-state index contributed by atoms with van der Waals surface area (Å²) >= 11 is 0. The third kappa shape index (κ3) is 4.07. The summed E-state index contributed by atoms with van der Waals surface area (Å²) in [6.45, 7) is 18.7. The van der Waals surface area contributed by atoms with E-state index < -0.39 is 8.07 Å². The second-order valence-electron chi connectivity index (χ2n) is 6.89. The number of hydrogen-bond acceptors (Lipinski definition) is 0. The summed E-state index contributed by atoms with van der Waals surface area (Å²) in [5.41, 5.74) is 6.03. The van der Waals surface area contributed by atoms with Crippen molar-refractivity contribution in [1.82, 2.24) is 0 Å². The van der Waals surface area contributed by atoms with Crippen LogP contribution in [0.4, 0.5) is 0 Å². The predicted molar refractivity (Wildman–Crippen MR) is 95.3 cm³/mol. The largest absolute Gasteiger partial charge is 4.00 e. The van der Waals surface area contributed by atoms with Crippen LogP contribution in [0, 0.1) is 24.0 Å². The summed E-state index contributed by atoms with van der Waals surface area (Å²) in [6, 6.07) is 2.58. The maximum atomic E-state index is 3.68. The minimum absolute atomic E-state index is 0. The Balaban J connectivity index is 0. The van der Waals surface area contributed by atoms with Crippen molar-refractivity contribution in [2.75, 3.05) is 0 Å². The van der Waals surface area contributed by atoms with Gasteiger partial charge < -0.3 is 24.8 Å². The van der Waals surface area contributed by atoms with Gasteiger partial charge in [0.05, 0.1) is 0 Å². The Kier molecular flexibility index (Phi) is 11.1. The third-order valence-corrected chi connectivity index (χ3v) is 11.7. The maximum absolute atomic E-state index is 3.68. The molecule has 0 saturated carbocycles. The molecule has 0 nitrogen and oxygen atoms in total. The van der Waals surface area contributed by atoms with E-state index in [2.05, 4.69) is 67.5 Å². The Morgan fingerprint density at radius 1 is 0.750 bits per heavy atom. The summed E-state index contributed by atoms with van der Waals surface area (Å²) in [5.74, 6) is 0.996. The van der Waals surface area contributed by atoms with Crippen LogP contribution in [0.25, 0.3) is 0 Å². The van der Waals surface area contributed by atoms with E-state index in [1.54, 1.807) is 21.5 Å². The Bertz CT molecular complexity index is 532. The van der Waals surface area contributed by atoms with Gasteiger partial charge in [-0.05, 0) is 0 Å². The molecule has 0 aliphatic heterocycles. The van der Waals surface area contributed by atoms with Gasteiger partial charge in [-0.2, -0.15) is 11.1 Å². The average Bonchev–Trinajstić information content (AvgIpc) is 2.83. The minimum atomic E-state index is -1.65. The van der Waals surface area contributed by atoms with E-state index in [1.165, 1.54) is 23.2 Å². The molecule has 2 aliphatic rings. The number of rotatable bonds is 4. The quantitative estimate of drug-likeness (QED) is 0.446. The van der Waals surface area contributed by atoms with Gasteiger partial charge in [0.1, 0.15) is 0 Å². The van der Waals surface area contributed by atoms with Crippen LogP contribution in [0.1, 0.15) is 55.4 Å². The SMILES string of the molecule is CC[Si](CC)(C1=C(C)C(C)[C-]=C1C)C1=C(C)C(C)[C-]=C1C.[Cl-].[Cl-].[Ti+4]. The van der Waals surface area contributed by atoms with Crippen molar-refractivity contribution in [2.45, 2.75) is 67.5 Å². The standard InChI is InChI=1S/C20H30Si.2ClH.Ti/c1-9-21(10-2,19-15(5)11-13(3)17(19)7)20-16(6)12-14(4)18(20)8;;;/h13-14H,9-10H2,1-8H3;2*1H;/q-2;;;+4/p-2. The molecule has 0 aromatic carbocycles. The monoisotopic (exact) mass is 416 g/mol. The van der Waals surface area contributed by atoms with Crippen molar-refractivity contribution < 1.29 is 46.5 Å². The molecule has 0 spiro atoms. The van der Waals surface area contributed by atoms with E-state index in [0.717, 1.165) is 0 Å². The molecule has 0 N–H and O–H groups in total. The molecule has 0 heterocycles. The van der Waals surface area contributed by atoms with Crippen LogP contribution in [-0.2, 0) is 21.7 Å². The molecule has 2 unspecified atom stereocenters. The van der Waals surface area contributed by atoms with Crippen LogP contribution in [0.2, 0.25) is 12.1 Å². The first-order valence-electron chi connectivity index (χ1n) is 8.43. The molecule has 4 heteroatoms. The van der Waals surface area contributed by atoms with Gasteiger partial charge in [0.15, 0.2) is 0 Å². The molecule has 0 fully saturated rings. The molecule has 0 radical (unpaired) electrons. The summed E-state index contributed by atoms with van der Waals surface area (Å²) in [7, 11) is -1.65. The van der Waals surface area contributed by atoms with Gasteiger partial charge in [-0.15, -0.1) is 0 Å². The van der Waals surface area contributed by atoms with Crippen molar-refractivity contribution in [3.8, 4) is 0 Å². The van der Waals surface area contributed by atoms with Gasteiger partial charge in [-0.25, -0.2) is 21.5 Å². The molecule has 2 aliphatic carbocycles. The van der Waals surface area contributed by atoms with Gasteiger partial charge in [0, 0.05) is 0 Å². The summed E-state index contributed by atoms with van der Waals surface area (Å²) in [6.07, 6.45) is 7.36. The van der Waals surface area contributed by atoms with Crippen LogP contribution >= 0.6 is 0 Å². The summed E-state index contributed by atoms with van der Waals surface area (Å²) in [4.78, 5) is 0. The average molecular weight is 417 g/mol. The smallest absolute Gasteiger partial charge is 1.00 e. The van der Waals surface area contributed by atoms with E-state index in [1.807, 2.05) is 0 Å². The first-order valence-corrected chi connectivity index (χ1v) is 10.8. The zero-order valence-electron chi connectivity index (χ0n) is 16.3. The number of hydrogen-bond donors (Lipinski definition) is 0. The van der Waals surface area contributed by atoms with Crippen LogP contribution in [-0.4, -0.2) is 8.07 Å². The van der Waals surface area contributed by atoms with Gasteiger partial charge >= 0.3 is 21.7 Å². The molecule has 0 saturated heterocycles. The summed E-state index contributed by atoms with van der Waals surface area (Å²) < 4.78 is 0. The number of allylic oxidation sites excluding steroid dienone is 8.